The van der Waals surface area contributed by atoms with Gasteiger partial charge in [-0.1, -0.05) is 108 Å². The first kappa shape index (κ1) is 72.5. The number of ether oxygens (including phenoxy) is 4. The number of methoxy groups -OCH3 is 2. The van der Waals surface area contributed by atoms with Gasteiger partial charge in [0.25, 0.3) is 0 Å². The number of anilines is 5. The van der Waals surface area contributed by atoms with Gasteiger partial charge in [-0.15, -0.1) is 0 Å². The third-order valence-electron chi connectivity index (χ3n) is 18.4. The van der Waals surface area contributed by atoms with E-state index in [0.29, 0.717) is 101 Å². The molecule has 0 unspecified atom stereocenters. The number of para-hydroxylation sites is 3. The van der Waals surface area contributed by atoms with Crippen molar-refractivity contribution in [2.24, 2.45) is 4.99 Å². The number of nitrogens with zero attached hydrogens (tertiary/aromatic N) is 17. The second kappa shape index (κ2) is 32.8. The van der Waals surface area contributed by atoms with Crippen molar-refractivity contribution in [1.82, 2.24) is 59.8 Å². The fraction of sp³-hybridized carbons (Fsp3) is 0.312. The summed E-state index contributed by atoms with van der Waals surface area (Å²) in [7, 11) is 3.19. The highest BCUT2D eigenvalue weighted by Crippen LogP contribution is 2.39. The van der Waals surface area contributed by atoms with Crippen LogP contribution in [0.3, 0.4) is 0 Å². The first-order valence-electron chi connectivity index (χ1n) is 34.2. The summed E-state index contributed by atoms with van der Waals surface area (Å²) in [6, 6.07) is 30.3. The zero-order valence-electron chi connectivity index (χ0n) is 57.3. The Bertz CT molecular complexity index is 5140. The van der Waals surface area contributed by atoms with E-state index in [1.54, 1.807) is 39.0 Å². The summed E-state index contributed by atoms with van der Waals surface area (Å²) >= 11 is 25.6. The molecule has 5 aliphatic rings. The fourth-order valence-electron chi connectivity index (χ4n) is 13.2. The van der Waals surface area contributed by atoms with Gasteiger partial charge in [-0.3, -0.25) is 4.99 Å². The average molecular weight is 1480 g/mol. The third kappa shape index (κ3) is 15.8. The summed E-state index contributed by atoms with van der Waals surface area (Å²) in [4.78, 5) is 68.3. The number of morpholine rings is 2. The quantitative estimate of drug-likeness (QED) is 0.134. The maximum absolute atomic E-state index is 14.0. The Balaban J connectivity index is 0.000000123. The summed E-state index contributed by atoms with van der Waals surface area (Å²) in [5.41, 5.74) is 19.4. The number of hydrogen-bond donors (Lipinski definition) is 1. The molecule has 104 heavy (non-hydrogen) atoms. The molecule has 0 saturated carbocycles. The van der Waals surface area contributed by atoms with Crippen molar-refractivity contribution in [2.75, 3.05) is 118 Å². The molecule has 5 aromatic carbocycles. The molecule has 534 valence electrons. The Morgan fingerprint density at radius 3 is 1.28 bits per heavy atom. The molecule has 4 fully saturated rings. The zero-order chi connectivity index (χ0) is 71.1. The largest absolute Gasteiger partial charge is 0.481 e. The molecule has 2 N–H and O–H groups in total. The van der Waals surface area contributed by atoms with Crippen LogP contribution in [-0.2, 0) is 16.0 Å². The minimum atomic E-state index is -0.435. The van der Waals surface area contributed by atoms with Gasteiger partial charge in [0, 0.05) is 144 Å². The van der Waals surface area contributed by atoms with Crippen molar-refractivity contribution in [3.05, 3.63) is 170 Å². The highest BCUT2D eigenvalue weighted by Gasteiger charge is 2.26. The Kier molecular flexibility index (Phi) is 22.9. The number of hydrogen-bond acceptors (Lipinski definition) is 22. The molecule has 27 heteroatoms. The van der Waals surface area contributed by atoms with Crippen LogP contribution in [0.5, 0.6) is 11.8 Å². The molecule has 17 rings (SSSR count). The predicted molar refractivity (Wildman–Crippen MR) is 414 cm³/mol. The number of nitrogen functional groups attached to an aromatic ring is 1. The molecule has 4 saturated heterocycles. The van der Waals surface area contributed by atoms with Gasteiger partial charge in [0.2, 0.25) is 41.5 Å². The van der Waals surface area contributed by atoms with Crippen LogP contribution in [0.25, 0.3) is 88.6 Å². The van der Waals surface area contributed by atoms with E-state index in [1.807, 2.05) is 85.6 Å². The molecule has 0 bridgehead atoms. The minimum Gasteiger partial charge on any atom is -0.481 e. The van der Waals surface area contributed by atoms with Crippen molar-refractivity contribution < 1.29 is 23.3 Å². The van der Waals surface area contributed by atoms with Crippen LogP contribution < -0.4 is 34.8 Å². The predicted octanol–water partition coefficient (Wildman–Crippen LogP) is 16.0. The van der Waals surface area contributed by atoms with E-state index in [-0.39, 0.29) is 18.4 Å². The van der Waals surface area contributed by atoms with Crippen molar-refractivity contribution in [3.8, 4) is 56.8 Å². The molecule has 0 atom stereocenters. The average Bonchev–Trinajstić information content (AvgIpc) is 1.37. The number of piperidine rings is 2. The van der Waals surface area contributed by atoms with Gasteiger partial charge in [-0.2, -0.15) is 0 Å². The Morgan fingerprint density at radius 1 is 0.433 bits per heavy atom. The summed E-state index contributed by atoms with van der Waals surface area (Å²) < 4.78 is 35.4. The van der Waals surface area contributed by atoms with E-state index in [0.717, 1.165) is 153 Å². The molecule has 12 aromatic rings. The third-order valence-corrected chi connectivity index (χ3v) is 19.6. The van der Waals surface area contributed by atoms with E-state index < -0.39 is 5.82 Å². The van der Waals surface area contributed by atoms with Crippen LogP contribution in [0.2, 0.25) is 20.1 Å². The van der Waals surface area contributed by atoms with Gasteiger partial charge in [0.1, 0.15) is 5.82 Å². The summed E-state index contributed by atoms with van der Waals surface area (Å²) in [5.74, 6) is 3.66. The van der Waals surface area contributed by atoms with E-state index in [9.17, 15) is 4.39 Å². The molecule has 22 nitrogen and oxygen atoms in total. The number of aromatic nitrogens is 12. The van der Waals surface area contributed by atoms with Gasteiger partial charge in [0.15, 0.2) is 0 Å². The number of fused-ring (bicyclic) bond motifs is 5. The molecule has 0 aliphatic carbocycles. The van der Waals surface area contributed by atoms with Crippen LogP contribution in [-0.4, -0.2) is 159 Å². The molecule has 7 aromatic heterocycles. The molecule has 0 radical (unpaired) electrons. The standard InChI is InChI=1S/C21H19ClN4.C19H18ClFN4O2.C19H19ClN4O2.C17H17ClN6.CH4/c22-18-9-5-8-16-19(15-7-4-6-14-12-23-13-17(14)15)24-21(25-20(16)18)26-10-2-1-3-11-26;1-11-7-12(10-22-18(11)26-2)16-14-8-13(21)9-15(20)17(14)24-19(23-16)25-3-5-27-6-4-25;1-12-10-13(11-21-18(12)25-2)16-14-4-3-5-15(20)17(14)23-19(22-16)24-6-8-26-9-7-24;18-13-6-4-5-12-14(11-9-20-16(19)21-10-11)22-17(23-15(12)13)24-7-2-1-3-8-24;/h4-9,13H,1-3,10-12H2;7-10H,3-6H2,1-2H3;3-5,10-11H,6-9H2,1-2H3;4-6,9-10H,1-3,7-8H2,(H2,19,20,21);1H4. The second-order valence-corrected chi connectivity index (χ2v) is 26.9. The summed E-state index contributed by atoms with van der Waals surface area (Å²) in [5, 5.41) is 5.48. The molecule has 0 amide bonds. The highest BCUT2D eigenvalue weighted by molar-refractivity contribution is 6.37. The molecule has 12 heterocycles. The van der Waals surface area contributed by atoms with Crippen LogP contribution in [0.15, 0.2) is 127 Å². The minimum absolute atomic E-state index is 0. The lowest BCUT2D eigenvalue weighted by molar-refractivity contribution is 0.122. The smallest absolute Gasteiger partial charge is 0.226 e. The first-order chi connectivity index (χ1) is 50.3. The normalized spacial score (nSPS) is 15.0. The lowest BCUT2D eigenvalue weighted by atomic mass is 9.98. The number of aliphatic imine (C=N–C) groups is 1. The van der Waals surface area contributed by atoms with E-state index in [1.165, 1.54) is 43.4 Å². The zero-order valence-corrected chi connectivity index (χ0v) is 60.3. The summed E-state index contributed by atoms with van der Waals surface area (Å²) in [6.07, 6.45) is 16.0. The van der Waals surface area contributed by atoms with E-state index in [2.05, 4.69) is 68.9 Å². The monoisotopic (exact) mass is 1480 g/mol. The van der Waals surface area contributed by atoms with E-state index >= 15 is 0 Å². The van der Waals surface area contributed by atoms with Crippen molar-refractivity contribution >= 4 is 126 Å². The van der Waals surface area contributed by atoms with Gasteiger partial charge in [-0.25, -0.2) is 64.2 Å². The number of rotatable bonds is 10. The number of pyridine rings is 2. The number of benzene rings is 5. The summed E-state index contributed by atoms with van der Waals surface area (Å²) in [6.45, 7) is 14.0. The lowest BCUT2D eigenvalue weighted by Gasteiger charge is -2.27. The highest BCUT2D eigenvalue weighted by atomic mass is 35.5. The number of nitrogens with two attached hydrogens (primary N) is 1. The van der Waals surface area contributed by atoms with Crippen LogP contribution in [0, 0.1) is 19.7 Å². The Morgan fingerprint density at radius 2 is 0.827 bits per heavy atom. The molecular weight excluding hydrogens is 1400 g/mol. The van der Waals surface area contributed by atoms with Crippen LogP contribution in [0.1, 0.15) is 68.2 Å². The number of halogens is 5. The van der Waals surface area contributed by atoms with Crippen molar-refractivity contribution in [2.45, 2.75) is 66.3 Å². The van der Waals surface area contributed by atoms with Crippen molar-refractivity contribution in [3.63, 3.8) is 0 Å². The van der Waals surface area contributed by atoms with Gasteiger partial charge in [-0.05, 0) is 100 Å². The maximum Gasteiger partial charge on any atom is 0.226 e. The topological polar surface area (TPSA) is 243 Å². The first-order valence-corrected chi connectivity index (χ1v) is 35.7. The number of aryl methyl sites for hydroxylation is 2. The van der Waals surface area contributed by atoms with Gasteiger partial charge in [0.05, 0.1) is 112 Å². The van der Waals surface area contributed by atoms with E-state index in [4.69, 9.17) is 106 Å². The molecule has 5 aliphatic heterocycles. The maximum atomic E-state index is 14.0. The lowest BCUT2D eigenvalue weighted by Crippen LogP contribution is -2.37. The molecule has 0 spiro atoms. The van der Waals surface area contributed by atoms with Crippen molar-refractivity contribution in [1.29, 1.82) is 0 Å². The van der Waals surface area contributed by atoms with Gasteiger partial charge >= 0.3 is 0 Å². The van der Waals surface area contributed by atoms with Crippen LogP contribution in [0.4, 0.5) is 34.1 Å². The van der Waals surface area contributed by atoms with Gasteiger partial charge < -0.3 is 44.3 Å². The second-order valence-electron chi connectivity index (χ2n) is 25.3. The fourth-order valence-corrected chi connectivity index (χ4v) is 14.1. The Hall–Kier alpha value is -9.88. The Labute approximate surface area is 621 Å². The van der Waals surface area contributed by atoms with Crippen LogP contribution >= 0.6 is 46.4 Å². The molecular formula is C77H77Cl4FN18O4. The SMILES string of the molecule is C.COc1ncc(-c2nc(N3CCOCC3)nc3c(Cl)cc(F)cc23)cc1C.COc1ncc(-c2nc(N3CCOCC3)nc3c(Cl)cccc23)cc1C.Clc1cccc2c(-c3cccc4c3C=NC4)nc(N3CCCCC3)nc12.Nc1ncc(-c2nc(N3CCCCC3)nc3c(Cl)cccc23)cn1.